The molecule has 0 unspecified atom stereocenters. The Balaban J connectivity index is 1.72. The second kappa shape index (κ2) is 11.3. The second-order valence-electron chi connectivity index (χ2n) is 6.91. The molecule has 1 heterocycles. The fraction of sp³-hybridized carbons (Fsp3) is 0.600. The van der Waals surface area contributed by atoms with E-state index in [1.165, 1.54) is 0 Å². The number of likely N-dealkylation sites (N-methyl/N-ethyl adjacent to an activating group) is 1. The van der Waals surface area contributed by atoms with Crippen LogP contribution < -0.4 is 5.32 Å². The zero-order valence-electron chi connectivity index (χ0n) is 16.4. The molecular weight excluding hydrogens is 364 g/mol. The number of benzene rings is 1. The molecule has 0 atom stereocenters. The first-order valence-electron chi connectivity index (χ1n) is 9.80. The quantitative estimate of drug-likeness (QED) is 0.699. The Bertz CT molecular complexity index is 618. The van der Waals surface area contributed by atoms with Gasteiger partial charge in [-0.3, -0.25) is 19.4 Å². The lowest BCUT2D eigenvalue weighted by Gasteiger charge is -2.35. The second-order valence-corrected chi connectivity index (χ2v) is 7.31. The van der Waals surface area contributed by atoms with Crippen molar-refractivity contribution < 1.29 is 9.59 Å². The molecule has 0 aromatic heterocycles. The summed E-state index contributed by atoms with van der Waals surface area (Å²) in [5.41, 5.74) is 0.639. The molecular formula is C20H31ClN4O2. The van der Waals surface area contributed by atoms with Crippen molar-refractivity contribution in [2.24, 2.45) is 0 Å². The maximum Gasteiger partial charge on any atom is 0.238 e. The third-order valence-corrected chi connectivity index (χ3v) is 5.18. The molecule has 27 heavy (non-hydrogen) atoms. The van der Waals surface area contributed by atoms with E-state index in [9.17, 15) is 9.59 Å². The summed E-state index contributed by atoms with van der Waals surface area (Å²) in [7, 11) is 0. The first-order chi connectivity index (χ1) is 13.0. The van der Waals surface area contributed by atoms with Crippen molar-refractivity contribution in [1.82, 2.24) is 14.7 Å². The standard InChI is InChI=1S/C20H31ClN4O2/c1-3-5-10-25(4-2)20(27)16-24-13-11-23(12-14-24)15-19(26)22-18-9-7-6-8-17(18)21/h6-9H,3-5,10-16H2,1-2H3,(H,22,26). The van der Waals surface area contributed by atoms with Gasteiger partial charge in [-0.05, 0) is 25.5 Å². The highest BCUT2D eigenvalue weighted by Gasteiger charge is 2.22. The number of halogens is 1. The number of carbonyl (C=O) groups excluding carboxylic acids is 2. The van der Waals surface area contributed by atoms with Crippen LogP contribution in [0, 0.1) is 0 Å². The highest BCUT2D eigenvalue weighted by atomic mass is 35.5. The summed E-state index contributed by atoms with van der Waals surface area (Å²) in [6.07, 6.45) is 2.15. The minimum atomic E-state index is -0.0654. The maximum absolute atomic E-state index is 12.4. The number of para-hydroxylation sites is 1. The first-order valence-corrected chi connectivity index (χ1v) is 10.2. The number of carbonyl (C=O) groups is 2. The molecule has 6 nitrogen and oxygen atoms in total. The SMILES string of the molecule is CCCCN(CC)C(=O)CN1CCN(CC(=O)Nc2ccccc2Cl)CC1. The number of hydrogen-bond acceptors (Lipinski definition) is 4. The Labute approximate surface area is 167 Å². The molecule has 1 aromatic carbocycles. The Morgan fingerprint density at radius 2 is 1.70 bits per heavy atom. The van der Waals surface area contributed by atoms with Crippen LogP contribution in [0.5, 0.6) is 0 Å². The smallest absolute Gasteiger partial charge is 0.238 e. The van der Waals surface area contributed by atoms with E-state index < -0.39 is 0 Å². The molecule has 1 N–H and O–H groups in total. The number of nitrogens with one attached hydrogen (secondary N) is 1. The summed E-state index contributed by atoms with van der Waals surface area (Å²) in [5.74, 6) is 0.139. The molecule has 0 aliphatic carbocycles. The zero-order valence-corrected chi connectivity index (χ0v) is 17.2. The van der Waals surface area contributed by atoms with E-state index >= 15 is 0 Å². The van der Waals surface area contributed by atoms with E-state index in [0.29, 0.717) is 23.8 Å². The number of piperazine rings is 1. The highest BCUT2D eigenvalue weighted by Crippen LogP contribution is 2.20. The van der Waals surface area contributed by atoms with Gasteiger partial charge in [0.25, 0.3) is 0 Å². The van der Waals surface area contributed by atoms with Crippen molar-refractivity contribution in [3.05, 3.63) is 29.3 Å². The molecule has 1 aliphatic heterocycles. The highest BCUT2D eigenvalue weighted by molar-refractivity contribution is 6.33. The van der Waals surface area contributed by atoms with Crippen LogP contribution in [0.2, 0.25) is 5.02 Å². The van der Waals surface area contributed by atoms with E-state index in [0.717, 1.165) is 52.1 Å². The molecule has 0 saturated carbocycles. The van der Waals surface area contributed by atoms with Gasteiger partial charge >= 0.3 is 0 Å². The fourth-order valence-corrected chi connectivity index (χ4v) is 3.34. The normalized spacial score (nSPS) is 15.5. The number of anilines is 1. The van der Waals surface area contributed by atoms with Gasteiger partial charge in [0, 0.05) is 39.3 Å². The maximum atomic E-state index is 12.4. The number of unbranched alkanes of at least 4 members (excludes halogenated alkanes) is 1. The summed E-state index contributed by atoms with van der Waals surface area (Å²) in [5, 5.41) is 3.40. The molecule has 2 amide bonds. The van der Waals surface area contributed by atoms with Crippen molar-refractivity contribution in [3.8, 4) is 0 Å². The van der Waals surface area contributed by atoms with Crippen molar-refractivity contribution in [3.63, 3.8) is 0 Å². The average Bonchev–Trinajstić information content (AvgIpc) is 2.66. The molecule has 0 bridgehead atoms. The predicted octanol–water partition coefficient (Wildman–Crippen LogP) is 2.54. The number of hydrogen-bond donors (Lipinski definition) is 1. The minimum absolute atomic E-state index is 0.0654. The average molecular weight is 395 g/mol. The van der Waals surface area contributed by atoms with Gasteiger partial charge in [0.2, 0.25) is 11.8 Å². The lowest BCUT2D eigenvalue weighted by atomic mass is 10.2. The molecule has 7 heteroatoms. The molecule has 0 spiro atoms. The van der Waals surface area contributed by atoms with Crippen LogP contribution in [0.3, 0.4) is 0 Å². The van der Waals surface area contributed by atoms with Crippen LogP contribution >= 0.6 is 11.6 Å². The van der Waals surface area contributed by atoms with Crippen molar-refractivity contribution in [2.45, 2.75) is 26.7 Å². The van der Waals surface area contributed by atoms with Crippen molar-refractivity contribution in [1.29, 1.82) is 0 Å². The Kier molecular flexibility index (Phi) is 9.04. The van der Waals surface area contributed by atoms with Crippen LogP contribution in [0.25, 0.3) is 0 Å². The summed E-state index contributed by atoms with van der Waals surface area (Å²) in [6, 6.07) is 7.23. The summed E-state index contributed by atoms with van der Waals surface area (Å²) in [4.78, 5) is 30.9. The first kappa shape index (κ1) is 21.7. The summed E-state index contributed by atoms with van der Waals surface area (Å²) < 4.78 is 0. The van der Waals surface area contributed by atoms with Gasteiger partial charge in [0.1, 0.15) is 0 Å². The lowest BCUT2D eigenvalue weighted by molar-refractivity contribution is -0.133. The predicted molar refractivity (Wildman–Crippen MR) is 110 cm³/mol. The minimum Gasteiger partial charge on any atom is -0.342 e. The van der Waals surface area contributed by atoms with E-state index in [1.807, 2.05) is 24.0 Å². The molecule has 150 valence electrons. The van der Waals surface area contributed by atoms with Gasteiger partial charge in [-0.2, -0.15) is 0 Å². The van der Waals surface area contributed by atoms with Crippen molar-refractivity contribution >= 4 is 29.1 Å². The van der Waals surface area contributed by atoms with Crippen LogP contribution in [-0.4, -0.2) is 78.9 Å². The zero-order chi connectivity index (χ0) is 19.6. The number of nitrogens with zero attached hydrogens (tertiary/aromatic N) is 3. The summed E-state index contributed by atoms with van der Waals surface area (Å²) >= 11 is 6.08. The van der Waals surface area contributed by atoms with Gasteiger partial charge < -0.3 is 10.2 Å². The van der Waals surface area contributed by atoms with Crippen LogP contribution in [-0.2, 0) is 9.59 Å². The molecule has 1 saturated heterocycles. The largest absolute Gasteiger partial charge is 0.342 e. The van der Waals surface area contributed by atoms with Gasteiger partial charge in [-0.1, -0.05) is 37.1 Å². The Morgan fingerprint density at radius 1 is 1.07 bits per heavy atom. The Hall–Kier alpha value is -1.63. The van der Waals surface area contributed by atoms with Gasteiger partial charge in [0.15, 0.2) is 0 Å². The molecule has 1 aliphatic rings. The van der Waals surface area contributed by atoms with Gasteiger partial charge in [-0.15, -0.1) is 0 Å². The van der Waals surface area contributed by atoms with Crippen LogP contribution in [0.4, 0.5) is 5.69 Å². The molecule has 2 rings (SSSR count). The van der Waals surface area contributed by atoms with Gasteiger partial charge in [0.05, 0.1) is 23.8 Å². The molecule has 1 fully saturated rings. The summed E-state index contributed by atoms with van der Waals surface area (Å²) in [6.45, 7) is 9.75. The third kappa shape index (κ3) is 7.13. The van der Waals surface area contributed by atoms with E-state index in [2.05, 4.69) is 22.0 Å². The number of rotatable bonds is 9. The van der Waals surface area contributed by atoms with E-state index in [4.69, 9.17) is 11.6 Å². The van der Waals surface area contributed by atoms with E-state index in [-0.39, 0.29) is 11.8 Å². The van der Waals surface area contributed by atoms with Crippen LogP contribution in [0.15, 0.2) is 24.3 Å². The van der Waals surface area contributed by atoms with Crippen molar-refractivity contribution in [2.75, 3.05) is 57.7 Å². The fourth-order valence-electron chi connectivity index (χ4n) is 3.16. The molecule has 0 radical (unpaired) electrons. The molecule has 1 aromatic rings. The third-order valence-electron chi connectivity index (χ3n) is 4.85. The number of amides is 2. The van der Waals surface area contributed by atoms with Crippen LogP contribution in [0.1, 0.15) is 26.7 Å². The monoisotopic (exact) mass is 394 g/mol. The lowest BCUT2D eigenvalue weighted by Crippen LogP contribution is -2.51. The topological polar surface area (TPSA) is 55.9 Å². The Morgan fingerprint density at radius 3 is 2.30 bits per heavy atom. The van der Waals surface area contributed by atoms with E-state index in [1.54, 1.807) is 12.1 Å². The van der Waals surface area contributed by atoms with Gasteiger partial charge in [-0.25, -0.2) is 0 Å².